The van der Waals surface area contributed by atoms with Crippen LogP contribution in [-0.4, -0.2) is 34.6 Å². The predicted octanol–water partition coefficient (Wildman–Crippen LogP) is 2.16. The van der Waals surface area contributed by atoms with E-state index < -0.39 is 6.10 Å². The number of carbonyl (C=O) groups excluding carboxylic acids is 1. The largest absolute Gasteiger partial charge is 0.391 e. The highest BCUT2D eigenvalue weighted by atomic mass is 16.3. The summed E-state index contributed by atoms with van der Waals surface area (Å²) in [6, 6.07) is 10.1. The average Bonchev–Trinajstić information content (AvgIpc) is 3.11. The first-order valence-electron chi connectivity index (χ1n) is 7.43. The third-order valence-electron chi connectivity index (χ3n) is 4.44. The maximum absolute atomic E-state index is 12.6. The molecule has 0 radical (unpaired) electrons. The van der Waals surface area contributed by atoms with Crippen molar-refractivity contribution in [2.45, 2.75) is 37.8 Å². The molecule has 2 aliphatic rings. The lowest BCUT2D eigenvalue weighted by atomic mass is 10.00. The van der Waals surface area contributed by atoms with Crippen molar-refractivity contribution in [2.24, 2.45) is 5.92 Å². The molecule has 3 nitrogen and oxygen atoms in total. The lowest BCUT2D eigenvalue weighted by molar-refractivity contribution is -0.136. The highest BCUT2D eigenvalue weighted by Crippen LogP contribution is 2.27. The van der Waals surface area contributed by atoms with Crippen LogP contribution in [0.4, 0.5) is 0 Å². The standard InChI is InChI=1S/C17H21NO2/c19-16-10-11-18(17(20)14-8-4-5-9-14)15(16)12-13-6-2-1-3-7-13/h1-7,14-16,19H,8-12H2/t15-,16+/m0/s1. The molecule has 1 saturated heterocycles. The molecule has 1 fully saturated rings. The number of carbonyl (C=O) groups is 1. The molecule has 0 aromatic heterocycles. The van der Waals surface area contributed by atoms with Crippen LogP contribution >= 0.6 is 0 Å². The third kappa shape index (κ3) is 2.63. The molecule has 1 heterocycles. The molecular formula is C17H21NO2. The number of hydrogen-bond acceptors (Lipinski definition) is 2. The minimum atomic E-state index is -0.395. The van der Waals surface area contributed by atoms with Crippen molar-refractivity contribution >= 4 is 5.91 Å². The number of rotatable bonds is 3. The Labute approximate surface area is 119 Å². The fourth-order valence-electron chi connectivity index (χ4n) is 3.27. The summed E-state index contributed by atoms with van der Waals surface area (Å²) in [5, 5.41) is 10.2. The zero-order chi connectivity index (χ0) is 13.9. The number of amides is 1. The molecule has 1 aliphatic heterocycles. The second-order valence-corrected chi connectivity index (χ2v) is 5.78. The summed E-state index contributed by atoms with van der Waals surface area (Å²) in [6.45, 7) is 0.688. The lowest BCUT2D eigenvalue weighted by Crippen LogP contribution is -2.43. The first kappa shape index (κ1) is 13.4. The Hall–Kier alpha value is -1.61. The van der Waals surface area contributed by atoms with Crippen LogP contribution in [0.25, 0.3) is 0 Å². The first-order valence-corrected chi connectivity index (χ1v) is 7.43. The van der Waals surface area contributed by atoms with Crippen molar-refractivity contribution in [3.8, 4) is 0 Å². The Bertz CT molecular complexity index is 489. The van der Waals surface area contributed by atoms with Crippen LogP contribution in [0, 0.1) is 5.92 Å². The van der Waals surface area contributed by atoms with Crippen molar-refractivity contribution in [3.05, 3.63) is 48.0 Å². The van der Waals surface area contributed by atoms with Gasteiger partial charge in [-0.1, -0.05) is 42.5 Å². The van der Waals surface area contributed by atoms with Gasteiger partial charge in [0.25, 0.3) is 0 Å². The van der Waals surface area contributed by atoms with E-state index in [-0.39, 0.29) is 17.9 Å². The van der Waals surface area contributed by atoms with Gasteiger partial charge in [0, 0.05) is 12.5 Å². The zero-order valence-electron chi connectivity index (χ0n) is 11.6. The first-order chi connectivity index (χ1) is 9.75. The zero-order valence-corrected chi connectivity index (χ0v) is 11.6. The van der Waals surface area contributed by atoms with E-state index in [1.807, 2.05) is 23.1 Å². The molecule has 1 amide bonds. The van der Waals surface area contributed by atoms with Crippen LogP contribution in [0.15, 0.2) is 42.5 Å². The van der Waals surface area contributed by atoms with Gasteiger partial charge in [0.1, 0.15) is 0 Å². The van der Waals surface area contributed by atoms with E-state index in [1.54, 1.807) is 0 Å². The molecule has 1 aromatic carbocycles. The second-order valence-electron chi connectivity index (χ2n) is 5.78. The molecule has 1 N–H and O–H groups in total. The molecule has 0 spiro atoms. The van der Waals surface area contributed by atoms with E-state index in [0.29, 0.717) is 13.0 Å². The lowest BCUT2D eigenvalue weighted by Gasteiger charge is -2.28. The van der Waals surface area contributed by atoms with Crippen LogP contribution in [0.1, 0.15) is 24.8 Å². The normalized spacial score (nSPS) is 26.4. The quantitative estimate of drug-likeness (QED) is 0.856. The summed E-state index contributed by atoms with van der Waals surface area (Å²) in [4.78, 5) is 14.5. The van der Waals surface area contributed by atoms with E-state index in [1.165, 1.54) is 5.56 Å². The Morgan fingerprint density at radius 1 is 1.20 bits per heavy atom. The van der Waals surface area contributed by atoms with Crippen molar-refractivity contribution in [2.75, 3.05) is 6.54 Å². The number of aliphatic hydroxyl groups excluding tert-OH is 1. The van der Waals surface area contributed by atoms with Crippen LogP contribution < -0.4 is 0 Å². The van der Waals surface area contributed by atoms with Crippen molar-refractivity contribution in [1.29, 1.82) is 0 Å². The number of aliphatic hydroxyl groups is 1. The molecule has 106 valence electrons. The van der Waals surface area contributed by atoms with Gasteiger partial charge in [-0.3, -0.25) is 4.79 Å². The highest BCUT2D eigenvalue weighted by molar-refractivity contribution is 5.80. The van der Waals surface area contributed by atoms with Gasteiger partial charge in [-0.15, -0.1) is 0 Å². The highest BCUT2D eigenvalue weighted by Gasteiger charge is 2.38. The number of hydrogen-bond donors (Lipinski definition) is 1. The smallest absolute Gasteiger partial charge is 0.226 e. The van der Waals surface area contributed by atoms with E-state index in [2.05, 4.69) is 24.3 Å². The molecule has 1 aliphatic carbocycles. The minimum absolute atomic E-state index is 0.0644. The summed E-state index contributed by atoms with van der Waals surface area (Å²) in [5.41, 5.74) is 1.18. The summed E-state index contributed by atoms with van der Waals surface area (Å²) in [5.74, 6) is 0.311. The molecule has 20 heavy (non-hydrogen) atoms. The van der Waals surface area contributed by atoms with Crippen LogP contribution in [-0.2, 0) is 11.2 Å². The Morgan fingerprint density at radius 2 is 1.90 bits per heavy atom. The van der Waals surface area contributed by atoms with E-state index in [0.717, 1.165) is 19.3 Å². The van der Waals surface area contributed by atoms with Gasteiger partial charge < -0.3 is 10.0 Å². The van der Waals surface area contributed by atoms with Gasteiger partial charge in [-0.2, -0.15) is 0 Å². The number of likely N-dealkylation sites (tertiary alicyclic amines) is 1. The molecule has 0 unspecified atom stereocenters. The minimum Gasteiger partial charge on any atom is -0.391 e. The number of benzene rings is 1. The summed E-state index contributed by atoms with van der Waals surface area (Å²) in [6.07, 6.45) is 6.92. The Morgan fingerprint density at radius 3 is 2.60 bits per heavy atom. The average molecular weight is 271 g/mol. The SMILES string of the molecule is O=C(C1CC=CC1)N1CC[C@@H](O)[C@@H]1Cc1ccccc1. The summed E-state index contributed by atoms with van der Waals surface area (Å²) < 4.78 is 0. The van der Waals surface area contributed by atoms with Gasteiger partial charge in [-0.05, 0) is 31.2 Å². The second kappa shape index (κ2) is 5.80. The van der Waals surface area contributed by atoms with Gasteiger partial charge in [-0.25, -0.2) is 0 Å². The molecule has 0 bridgehead atoms. The third-order valence-corrected chi connectivity index (χ3v) is 4.44. The molecule has 0 saturated carbocycles. The molecule has 3 rings (SSSR count). The molecular weight excluding hydrogens is 250 g/mol. The van der Waals surface area contributed by atoms with E-state index in [4.69, 9.17) is 0 Å². The molecule has 1 aromatic rings. The van der Waals surface area contributed by atoms with Gasteiger partial charge in [0.2, 0.25) is 5.91 Å². The maximum Gasteiger partial charge on any atom is 0.226 e. The summed E-state index contributed by atoms with van der Waals surface area (Å²) >= 11 is 0. The van der Waals surface area contributed by atoms with E-state index in [9.17, 15) is 9.90 Å². The van der Waals surface area contributed by atoms with Gasteiger partial charge in [0.15, 0.2) is 0 Å². The number of nitrogens with zero attached hydrogens (tertiary/aromatic N) is 1. The Kier molecular flexibility index (Phi) is 3.88. The van der Waals surface area contributed by atoms with E-state index >= 15 is 0 Å². The van der Waals surface area contributed by atoms with Crippen LogP contribution in [0.3, 0.4) is 0 Å². The number of allylic oxidation sites excluding steroid dienone is 2. The van der Waals surface area contributed by atoms with Crippen LogP contribution in [0.5, 0.6) is 0 Å². The van der Waals surface area contributed by atoms with Gasteiger partial charge in [0.05, 0.1) is 12.1 Å². The van der Waals surface area contributed by atoms with Crippen molar-refractivity contribution in [3.63, 3.8) is 0 Å². The molecule has 3 heteroatoms. The fourth-order valence-corrected chi connectivity index (χ4v) is 3.27. The fraction of sp³-hybridized carbons (Fsp3) is 0.471. The monoisotopic (exact) mass is 271 g/mol. The Balaban J connectivity index is 1.71. The topological polar surface area (TPSA) is 40.5 Å². The summed E-state index contributed by atoms with van der Waals surface area (Å²) in [7, 11) is 0. The maximum atomic E-state index is 12.6. The van der Waals surface area contributed by atoms with Crippen molar-refractivity contribution in [1.82, 2.24) is 4.90 Å². The molecule has 2 atom stereocenters. The van der Waals surface area contributed by atoms with Gasteiger partial charge >= 0.3 is 0 Å². The van der Waals surface area contributed by atoms with Crippen LogP contribution in [0.2, 0.25) is 0 Å². The van der Waals surface area contributed by atoms with Crippen molar-refractivity contribution < 1.29 is 9.90 Å². The predicted molar refractivity (Wildman–Crippen MR) is 78.1 cm³/mol.